The molecular formula is C13H23N3O. The smallest absolute Gasteiger partial charge is 0.143 e. The van der Waals surface area contributed by atoms with Crippen LogP contribution in [0.15, 0.2) is 18.2 Å². The zero-order valence-electron chi connectivity index (χ0n) is 11.0. The summed E-state index contributed by atoms with van der Waals surface area (Å²) >= 11 is 0. The van der Waals surface area contributed by atoms with Gasteiger partial charge in [0.05, 0.1) is 12.8 Å². The van der Waals surface area contributed by atoms with Crippen molar-refractivity contribution in [1.82, 2.24) is 4.90 Å². The third kappa shape index (κ3) is 4.15. The number of benzene rings is 1. The lowest BCUT2D eigenvalue weighted by molar-refractivity contribution is 0.316. The number of likely N-dealkylation sites (N-methyl/N-ethyl adjacent to an activating group) is 1. The SMILES string of the molecule is CCN(CC)CCNc1ccc(N)c(OC)c1. The van der Waals surface area contributed by atoms with Crippen LogP contribution in [0.25, 0.3) is 0 Å². The first-order chi connectivity index (χ1) is 8.21. The molecule has 1 rings (SSSR count). The minimum absolute atomic E-state index is 0.668. The fourth-order valence-corrected chi connectivity index (χ4v) is 1.72. The molecule has 1 aromatic rings. The van der Waals surface area contributed by atoms with E-state index in [1.54, 1.807) is 7.11 Å². The largest absolute Gasteiger partial charge is 0.495 e. The first-order valence-electron chi connectivity index (χ1n) is 6.11. The van der Waals surface area contributed by atoms with Crippen LogP contribution in [0.3, 0.4) is 0 Å². The van der Waals surface area contributed by atoms with Crippen molar-refractivity contribution in [2.45, 2.75) is 13.8 Å². The van der Waals surface area contributed by atoms with Crippen molar-refractivity contribution in [3.05, 3.63) is 18.2 Å². The Morgan fingerprint density at radius 2 is 2.00 bits per heavy atom. The second kappa shape index (κ2) is 7.01. The molecule has 0 unspecified atom stereocenters. The van der Waals surface area contributed by atoms with E-state index in [0.29, 0.717) is 5.69 Å². The molecule has 0 aliphatic rings. The molecule has 0 saturated heterocycles. The number of hydrogen-bond acceptors (Lipinski definition) is 4. The second-order valence-corrected chi connectivity index (χ2v) is 3.91. The van der Waals surface area contributed by atoms with Gasteiger partial charge in [0, 0.05) is 24.8 Å². The lowest BCUT2D eigenvalue weighted by atomic mass is 10.2. The molecule has 0 heterocycles. The molecule has 0 bridgehead atoms. The molecule has 3 N–H and O–H groups in total. The molecule has 4 nitrogen and oxygen atoms in total. The molecule has 0 amide bonds. The minimum Gasteiger partial charge on any atom is -0.495 e. The van der Waals surface area contributed by atoms with Gasteiger partial charge >= 0.3 is 0 Å². The third-order valence-corrected chi connectivity index (χ3v) is 2.89. The summed E-state index contributed by atoms with van der Waals surface area (Å²) in [6.07, 6.45) is 0. The van der Waals surface area contributed by atoms with E-state index in [-0.39, 0.29) is 0 Å². The predicted octanol–water partition coefficient (Wildman–Crippen LogP) is 2.03. The number of nitrogen functional groups attached to an aromatic ring is 1. The van der Waals surface area contributed by atoms with Crippen LogP contribution in [0.1, 0.15) is 13.8 Å². The molecule has 96 valence electrons. The zero-order chi connectivity index (χ0) is 12.7. The summed E-state index contributed by atoms with van der Waals surface area (Å²) in [5.41, 5.74) is 7.47. The maximum Gasteiger partial charge on any atom is 0.143 e. The van der Waals surface area contributed by atoms with Crippen LogP contribution in [0.5, 0.6) is 5.75 Å². The molecule has 0 aromatic heterocycles. The van der Waals surface area contributed by atoms with E-state index >= 15 is 0 Å². The number of hydrogen-bond donors (Lipinski definition) is 2. The fraction of sp³-hybridized carbons (Fsp3) is 0.538. The van der Waals surface area contributed by atoms with E-state index in [4.69, 9.17) is 10.5 Å². The van der Waals surface area contributed by atoms with Crippen LogP contribution in [-0.2, 0) is 0 Å². The molecule has 0 fully saturated rings. The summed E-state index contributed by atoms with van der Waals surface area (Å²) in [7, 11) is 1.63. The van der Waals surface area contributed by atoms with E-state index in [0.717, 1.165) is 37.6 Å². The Labute approximate surface area is 104 Å². The lowest BCUT2D eigenvalue weighted by Crippen LogP contribution is -2.28. The Morgan fingerprint density at radius 1 is 1.29 bits per heavy atom. The lowest BCUT2D eigenvalue weighted by Gasteiger charge is -2.18. The van der Waals surface area contributed by atoms with Gasteiger partial charge in [-0.25, -0.2) is 0 Å². The standard InChI is InChI=1S/C13H23N3O/c1-4-16(5-2)9-8-15-11-6-7-12(14)13(10-11)17-3/h6-7,10,15H,4-5,8-9,14H2,1-3H3. The summed E-state index contributed by atoms with van der Waals surface area (Å²) in [6, 6.07) is 5.76. The molecule has 0 spiro atoms. The van der Waals surface area contributed by atoms with Crippen molar-refractivity contribution < 1.29 is 4.74 Å². The van der Waals surface area contributed by atoms with Gasteiger partial charge in [-0.3, -0.25) is 0 Å². The van der Waals surface area contributed by atoms with Crippen molar-refractivity contribution >= 4 is 11.4 Å². The van der Waals surface area contributed by atoms with E-state index < -0.39 is 0 Å². The Hall–Kier alpha value is -1.42. The van der Waals surface area contributed by atoms with Crippen LogP contribution in [0, 0.1) is 0 Å². The highest BCUT2D eigenvalue weighted by Crippen LogP contribution is 2.24. The van der Waals surface area contributed by atoms with Gasteiger partial charge in [0.25, 0.3) is 0 Å². The summed E-state index contributed by atoms with van der Waals surface area (Å²) < 4.78 is 5.18. The van der Waals surface area contributed by atoms with Crippen molar-refractivity contribution in [2.24, 2.45) is 0 Å². The first-order valence-corrected chi connectivity index (χ1v) is 6.11. The summed E-state index contributed by atoms with van der Waals surface area (Å²) in [4.78, 5) is 2.38. The van der Waals surface area contributed by atoms with Crippen LogP contribution >= 0.6 is 0 Å². The van der Waals surface area contributed by atoms with Gasteiger partial charge in [-0.15, -0.1) is 0 Å². The van der Waals surface area contributed by atoms with E-state index in [1.807, 2.05) is 18.2 Å². The van der Waals surface area contributed by atoms with Gasteiger partial charge < -0.3 is 20.7 Å². The van der Waals surface area contributed by atoms with Gasteiger partial charge in [0.1, 0.15) is 5.75 Å². The zero-order valence-corrected chi connectivity index (χ0v) is 11.0. The number of ether oxygens (including phenoxy) is 1. The number of nitrogens with two attached hydrogens (primary N) is 1. The van der Waals surface area contributed by atoms with E-state index in [2.05, 4.69) is 24.1 Å². The van der Waals surface area contributed by atoms with Gasteiger partial charge in [-0.2, -0.15) is 0 Å². The number of methoxy groups -OCH3 is 1. The maximum absolute atomic E-state index is 5.76. The maximum atomic E-state index is 5.76. The normalized spacial score (nSPS) is 10.6. The molecule has 1 aromatic carbocycles. The van der Waals surface area contributed by atoms with Gasteiger partial charge in [0.15, 0.2) is 0 Å². The highest BCUT2D eigenvalue weighted by molar-refractivity contribution is 5.61. The van der Waals surface area contributed by atoms with Crippen molar-refractivity contribution in [2.75, 3.05) is 44.3 Å². The van der Waals surface area contributed by atoms with Crippen LogP contribution in [0.4, 0.5) is 11.4 Å². The molecule has 17 heavy (non-hydrogen) atoms. The number of anilines is 2. The molecule has 0 aliphatic heterocycles. The second-order valence-electron chi connectivity index (χ2n) is 3.91. The van der Waals surface area contributed by atoms with Gasteiger partial charge in [0.2, 0.25) is 0 Å². The van der Waals surface area contributed by atoms with Crippen molar-refractivity contribution in [3.8, 4) is 5.75 Å². The van der Waals surface area contributed by atoms with Crippen LogP contribution in [0.2, 0.25) is 0 Å². The average molecular weight is 237 g/mol. The van der Waals surface area contributed by atoms with Crippen molar-refractivity contribution in [1.29, 1.82) is 0 Å². The quantitative estimate of drug-likeness (QED) is 0.712. The Balaban J connectivity index is 2.46. The first kappa shape index (κ1) is 13.6. The molecular weight excluding hydrogens is 214 g/mol. The minimum atomic E-state index is 0.668. The van der Waals surface area contributed by atoms with Crippen molar-refractivity contribution in [3.63, 3.8) is 0 Å². The van der Waals surface area contributed by atoms with Gasteiger partial charge in [-0.05, 0) is 25.2 Å². The number of rotatable bonds is 7. The molecule has 0 aliphatic carbocycles. The Morgan fingerprint density at radius 3 is 2.59 bits per heavy atom. The average Bonchev–Trinajstić information content (AvgIpc) is 2.36. The van der Waals surface area contributed by atoms with E-state index in [9.17, 15) is 0 Å². The highest BCUT2D eigenvalue weighted by atomic mass is 16.5. The summed E-state index contributed by atoms with van der Waals surface area (Å²) in [6.45, 7) is 8.49. The third-order valence-electron chi connectivity index (χ3n) is 2.89. The number of nitrogens with zero attached hydrogens (tertiary/aromatic N) is 1. The molecule has 0 radical (unpaired) electrons. The van der Waals surface area contributed by atoms with Gasteiger partial charge in [-0.1, -0.05) is 13.8 Å². The fourth-order valence-electron chi connectivity index (χ4n) is 1.72. The van der Waals surface area contributed by atoms with Crippen LogP contribution < -0.4 is 15.8 Å². The molecule has 4 heteroatoms. The summed E-state index contributed by atoms with van der Waals surface area (Å²) in [5, 5.41) is 3.37. The summed E-state index contributed by atoms with van der Waals surface area (Å²) in [5.74, 6) is 0.720. The van der Waals surface area contributed by atoms with E-state index in [1.165, 1.54) is 0 Å². The topological polar surface area (TPSA) is 50.5 Å². The highest BCUT2D eigenvalue weighted by Gasteiger charge is 2.01. The number of nitrogens with one attached hydrogen (secondary N) is 1. The van der Waals surface area contributed by atoms with Crippen LogP contribution in [-0.4, -0.2) is 38.2 Å². The molecule has 0 atom stereocenters. The Bertz CT molecular complexity index is 337. The monoisotopic (exact) mass is 237 g/mol. The predicted molar refractivity (Wildman–Crippen MR) is 73.7 cm³/mol. The molecule has 0 saturated carbocycles. The Kier molecular flexibility index (Phi) is 5.63.